The lowest BCUT2D eigenvalue weighted by atomic mass is 10.1. The molecule has 0 aromatic heterocycles. The zero-order valence-electron chi connectivity index (χ0n) is 7.97. The first kappa shape index (κ1) is 11.6. The first-order valence-electron chi connectivity index (χ1n) is 4.68. The molecule has 3 heteroatoms. The Morgan fingerprint density at radius 3 is 2.50 bits per heavy atom. The van der Waals surface area contributed by atoms with Gasteiger partial charge in [0.15, 0.2) is 0 Å². The van der Waals surface area contributed by atoms with Gasteiger partial charge < -0.3 is 16.9 Å². The fraction of sp³-hybridized carbons (Fsp3) is 0.889. The first-order valence-corrected chi connectivity index (χ1v) is 4.68. The Morgan fingerprint density at radius 2 is 2.00 bits per heavy atom. The molecule has 0 aromatic carbocycles. The van der Waals surface area contributed by atoms with E-state index in [9.17, 15) is 0 Å². The molecule has 0 bridgehead atoms. The molecular formula is C9H21N3. The van der Waals surface area contributed by atoms with Gasteiger partial charge in [-0.15, -0.1) is 0 Å². The maximum Gasteiger partial charge on any atom is 0.0307 e. The van der Waals surface area contributed by atoms with Crippen molar-refractivity contribution in [2.24, 2.45) is 11.5 Å². The van der Waals surface area contributed by atoms with Crippen LogP contribution in [0, 0.1) is 5.41 Å². The van der Waals surface area contributed by atoms with Crippen molar-refractivity contribution in [1.29, 1.82) is 5.41 Å². The molecule has 12 heavy (non-hydrogen) atoms. The Kier molecular flexibility index (Phi) is 7.00. The predicted molar refractivity (Wildman–Crippen MR) is 53.5 cm³/mol. The molecular weight excluding hydrogens is 150 g/mol. The van der Waals surface area contributed by atoms with Crippen LogP contribution in [0.15, 0.2) is 0 Å². The Labute approximate surface area is 75.0 Å². The van der Waals surface area contributed by atoms with Crippen molar-refractivity contribution in [3.05, 3.63) is 0 Å². The zero-order chi connectivity index (χ0) is 9.40. The van der Waals surface area contributed by atoms with E-state index >= 15 is 0 Å². The lowest BCUT2D eigenvalue weighted by molar-refractivity contribution is 0.584. The summed E-state index contributed by atoms with van der Waals surface area (Å²) in [5.74, 6) is 0. The SMILES string of the molecule is CC(N)CCCCCC(=N)CN. The van der Waals surface area contributed by atoms with Crippen molar-refractivity contribution >= 4 is 5.71 Å². The molecule has 0 saturated heterocycles. The highest BCUT2D eigenvalue weighted by Gasteiger charge is 1.96. The highest BCUT2D eigenvalue weighted by Crippen LogP contribution is 2.04. The van der Waals surface area contributed by atoms with E-state index in [1.807, 2.05) is 6.92 Å². The first-order chi connectivity index (χ1) is 5.66. The molecule has 0 saturated carbocycles. The van der Waals surface area contributed by atoms with Gasteiger partial charge in [-0.05, 0) is 26.2 Å². The second kappa shape index (κ2) is 7.25. The van der Waals surface area contributed by atoms with Gasteiger partial charge in [0, 0.05) is 18.3 Å². The molecule has 0 radical (unpaired) electrons. The van der Waals surface area contributed by atoms with Crippen LogP contribution in [0.1, 0.15) is 39.0 Å². The number of hydrogen-bond donors (Lipinski definition) is 3. The number of unbranched alkanes of at least 4 members (excludes halogenated alkanes) is 2. The van der Waals surface area contributed by atoms with Crippen LogP contribution in [-0.4, -0.2) is 18.3 Å². The summed E-state index contributed by atoms with van der Waals surface area (Å²) < 4.78 is 0. The predicted octanol–water partition coefficient (Wildman–Crippen LogP) is 1.26. The van der Waals surface area contributed by atoms with Crippen LogP contribution < -0.4 is 11.5 Å². The minimum absolute atomic E-state index is 0.318. The molecule has 0 heterocycles. The maximum absolute atomic E-state index is 7.31. The summed E-state index contributed by atoms with van der Waals surface area (Å²) in [4.78, 5) is 0. The topological polar surface area (TPSA) is 75.9 Å². The van der Waals surface area contributed by atoms with Crippen LogP contribution in [0.3, 0.4) is 0 Å². The fourth-order valence-corrected chi connectivity index (χ4v) is 1.08. The van der Waals surface area contributed by atoms with Crippen LogP contribution in [0.25, 0.3) is 0 Å². The number of rotatable bonds is 7. The molecule has 72 valence electrons. The van der Waals surface area contributed by atoms with E-state index < -0.39 is 0 Å². The summed E-state index contributed by atoms with van der Waals surface area (Å²) in [5.41, 5.74) is 11.6. The van der Waals surface area contributed by atoms with Crippen LogP contribution in [0.5, 0.6) is 0 Å². The van der Waals surface area contributed by atoms with Gasteiger partial charge in [-0.3, -0.25) is 0 Å². The number of nitrogens with two attached hydrogens (primary N) is 2. The van der Waals surface area contributed by atoms with Crippen LogP contribution in [0.2, 0.25) is 0 Å². The Hall–Kier alpha value is -0.410. The van der Waals surface area contributed by atoms with Gasteiger partial charge in [0.1, 0.15) is 0 Å². The van der Waals surface area contributed by atoms with Crippen molar-refractivity contribution in [3.8, 4) is 0 Å². The molecule has 1 unspecified atom stereocenters. The summed E-state index contributed by atoms with van der Waals surface area (Å²) in [6, 6.07) is 0.318. The molecule has 0 aliphatic heterocycles. The molecule has 0 rings (SSSR count). The second-order valence-corrected chi connectivity index (χ2v) is 3.38. The summed E-state index contributed by atoms with van der Waals surface area (Å²) in [5, 5.41) is 7.31. The summed E-state index contributed by atoms with van der Waals surface area (Å²) in [6.45, 7) is 2.44. The minimum atomic E-state index is 0.318. The third kappa shape index (κ3) is 7.69. The van der Waals surface area contributed by atoms with E-state index in [4.69, 9.17) is 16.9 Å². The Bertz CT molecular complexity index is 121. The highest BCUT2D eigenvalue weighted by molar-refractivity contribution is 5.82. The quantitative estimate of drug-likeness (QED) is 0.398. The van der Waals surface area contributed by atoms with Crippen LogP contribution >= 0.6 is 0 Å². The van der Waals surface area contributed by atoms with Crippen molar-refractivity contribution in [2.75, 3.05) is 6.54 Å². The van der Waals surface area contributed by atoms with Gasteiger partial charge in [0.2, 0.25) is 0 Å². The van der Waals surface area contributed by atoms with Gasteiger partial charge in [-0.2, -0.15) is 0 Å². The molecule has 0 aliphatic rings. The highest BCUT2D eigenvalue weighted by atomic mass is 14.6. The van der Waals surface area contributed by atoms with Crippen molar-refractivity contribution in [2.45, 2.75) is 45.1 Å². The Balaban J connectivity index is 3.05. The average molecular weight is 171 g/mol. The Morgan fingerprint density at radius 1 is 1.33 bits per heavy atom. The van der Waals surface area contributed by atoms with E-state index in [2.05, 4.69) is 0 Å². The number of nitrogens with one attached hydrogen (secondary N) is 1. The third-order valence-electron chi connectivity index (χ3n) is 1.88. The minimum Gasteiger partial charge on any atom is -0.328 e. The smallest absolute Gasteiger partial charge is 0.0307 e. The van der Waals surface area contributed by atoms with E-state index in [-0.39, 0.29) is 0 Å². The molecule has 0 aliphatic carbocycles. The van der Waals surface area contributed by atoms with E-state index in [0.29, 0.717) is 18.3 Å². The monoisotopic (exact) mass is 171 g/mol. The van der Waals surface area contributed by atoms with Crippen LogP contribution in [-0.2, 0) is 0 Å². The lowest BCUT2D eigenvalue weighted by Gasteiger charge is -2.04. The van der Waals surface area contributed by atoms with E-state index in [0.717, 1.165) is 19.3 Å². The van der Waals surface area contributed by atoms with Crippen LogP contribution in [0.4, 0.5) is 0 Å². The fourth-order valence-electron chi connectivity index (χ4n) is 1.08. The second-order valence-electron chi connectivity index (χ2n) is 3.38. The summed E-state index contributed by atoms with van der Waals surface area (Å²) in [6.07, 6.45) is 5.38. The normalized spacial score (nSPS) is 12.9. The van der Waals surface area contributed by atoms with Crippen molar-refractivity contribution in [3.63, 3.8) is 0 Å². The third-order valence-corrected chi connectivity index (χ3v) is 1.88. The van der Waals surface area contributed by atoms with Gasteiger partial charge in [0.05, 0.1) is 0 Å². The standard InChI is InChI=1S/C9H21N3/c1-8(11)5-3-2-4-6-9(12)7-10/h8,12H,2-7,10-11H2,1H3. The summed E-state index contributed by atoms with van der Waals surface area (Å²) >= 11 is 0. The van der Waals surface area contributed by atoms with Gasteiger partial charge in [-0.1, -0.05) is 12.8 Å². The van der Waals surface area contributed by atoms with E-state index in [1.54, 1.807) is 0 Å². The molecule has 0 spiro atoms. The molecule has 1 atom stereocenters. The number of hydrogen-bond acceptors (Lipinski definition) is 3. The van der Waals surface area contributed by atoms with E-state index in [1.165, 1.54) is 12.8 Å². The summed E-state index contributed by atoms with van der Waals surface area (Å²) in [7, 11) is 0. The molecule has 0 aromatic rings. The van der Waals surface area contributed by atoms with Gasteiger partial charge in [-0.25, -0.2) is 0 Å². The molecule has 0 amide bonds. The van der Waals surface area contributed by atoms with Gasteiger partial charge >= 0.3 is 0 Å². The lowest BCUT2D eigenvalue weighted by Crippen LogP contribution is -2.14. The molecule has 3 nitrogen and oxygen atoms in total. The molecule has 5 N–H and O–H groups in total. The maximum atomic E-state index is 7.31. The van der Waals surface area contributed by atoms with Gasteiger partial charge in [0.25, 0.3) is 0 Å². The zero-order valence-corrected chi connectivity index (χ0v) is 7.97. The average Bonchev–Trinajstić information content (AvgIpc) is 2.03. The largest absolute Gasteiger partial charge is 0.328 e. The van der Waals surface area contributed by atoms with Crippen molar-refractivity contribution < 1.29 is 0 Å². The van der Waals surface area contributed by atoms with Crippen molar-refractivity contribution in [1.82, 2.24) is 0 Å². The molecule has 0 fully saturated rings.